The van der Waals surface area contributed by atoms with Gasteiger partial charge in [0, 0.05) is 11.4 Å². The summed E-state index contributed by atoms with van der Waals surface area (Å²) in [6, 6.07) is 7.94. The predicted molar refractivity (Wildman–Crippen MR) is 59.6 cm³/mol. The summed E-state index contributed by atoms with van der Waals surface area (Å²) in [7, 11) is 0. The van der Waals surface area contributed by atoms with Crippen molar-refractivity contribution in [1.29, 1.82) is 0 Å². The Hall–Kier alpha value is -1.22. The van der Waals surface area contributed by atoms with E-state index >= 15 is 0 Å². The zero-order chi connectivity index (χ0) is 10.1. The van der Waals surface area contributed by atoms with Gasteiger partial charge in [-0.15, -0.1) is 0 Å². The second-order valence-corrected chi connectivity index (χ2v) is 3.91. The summed E-state index contributed by atoms with van der Waals surface area (Å²) in [5, 5.41) is 6.87. The number of hydrazone groups is 1. The first-order valence-electron chi connectivity index (χ1n) is 4.54. The van der Waals surface area contributed by atoms with Crippen molar-refractivity contribution in [2.24, 2.45) is 10.8 Å². The van der Waals surface area contributed by atoms with Crippen molar-refractivity contribution in [3.05, 3.63) is 29.3 Å². The summed E-state index contributed by atoms with van der Waals surface area (Å²) in [6.45, 7) is 2.09. The number of anilines is 1. The number of hydrogen-bond acceptors (Lipinski definition) is 3. The highest BCUT2D eigenvalue weighted by atomic mass is 35.5. The van der Waals surface area contributed by atoms with Gasteiger partial charge in [0.15, 0.2) is 0 Å². The number of nitrogens with two attached hydrogens (primary N) is 1. The van der Waals surface area contributed by atoms with Crippen LogP contribution < -0.4 is 10.7 Å². The lowest BCUT2D eigenvalue weighted by Gasteiger charge is -2.19. The van der Waals surface area contributed by atoms with Gasteiger partial charge in [-0.05, 0) is 25.1 Å². The van der Waals surface area contributed by atoms with Gasteiger partial charge in [-0.3, -0.25) is 5.01 Å². The molecule has 1 aromatic rings. The van der Waals surface area contributed by atoms with Gasteiger partial charge in [-0.2, -0.15) is 5.10 Å². The van der Waals surface area contributed by atoms with Crippen LogP contribution in [0.2, 0.25) is 5.02 Å². The van der Waals surface area contributed by atoms with Crippen LogP contribution in [0.5, 0.6) is 0 Å². The van der Waals surface area contributed by atoms with Gasteiger partial charge in [0.1, 0.15) is 5.84 Å². The summed E-state index contributed by atoms with van der Waals surface area (Å²) in [4.78, 5) is 0. The third-order valence-corrected chi connectivity index (χ3v) is 2.47. The number of amidine groups is 1. The highest BCUT2D eigenvalue weighted by molar-refractivity contribution is 6.30. The number of hydrogen-bond donors (Lipinski definition) is 1. The molecule has 0 spiro atoms. The summed E-state index contributed by atoms with van der Waals surface area (Å²) in [5.74, 6) is 0.678. The van der Waals surface area contributed by atoms with Crippen LogP contribution in [0.1, 0.15) is 13.3 Å². The van der Waals surface area contributed by atoms with Crippen LogP contribution in [-0.2, 0) is 0 Å². The molecule has 1 aliphatic heterocycles. The third kappa shape index (κ3) is 1.68. The Balaban J connectivity index is 2.31. The fourth-order valence-corrected chi connectivity index (χ4v) is 1.78. The van der Waals surface area contributed by atoms with E-state index in [1.165, 1.54) is 0 Å². The first-order valence-corrected chi connectivity index (χ1v) is 4.92. The van der Waals surface area contributed by atoms with E-state index < -0.39 is 0 Å². The van der Waals surface area contributed by atoms with E-state index in [0.717, 1.165) is 17.1 Å². The van der Waals surface area contributed by atoms with Gasteiger partial charge in [0.2, 0.25) is 0 Å². The topological polar surface area (TPSA) is 41.6 Å². The van der Waals surface area contributed by atoms with Crippen LogP contribution in [0, 0.1) is 0 Å². The molecule has 1 atom stereocenters. The Bertz CT molecular complexity index is 375. The van der Waals surface area contributed by atoms with Gasteiger partial charge >= 0.3 is 0 Å². The molecule has 1 aliphatic rings. The lowest BCUT2D eigenvalue weighted by molar-refractivity contribution is 0.723. The minimum atomic E-state index is 0.313. The second-order valence-electron chi connectivity index (χ2n) is 3.47. The van der Waals surface area contributed by atoms with Crippen LogP contribution in [0.4, 0.5) is 5.69 Å². The molecule has 0 saturated heterocycles. The second kappa shape index (κ2) is 3.50. The average molecular weight is 210 g/mol. The van der Waals surface area contributed by atoms with Crippen LogP contribution >= 0.6 is 11.6 Å². The zero-order valence-corrected chi connectivity index (χ0v) is 8.70. The fraction of sp³-hybridized carbons (Fsp3) is 0.300. The molecular formula is C10H12ClN3. The molecule has 0 radical (unpaired) electrons. The van der Waals surface area contributed by atoms with E-state index in [0.29, 0.717) is 11.9 Å². The molecule has 0 bridgehead atoms. The maximum atomic E-state index is 5.90. The molecule has 2 rings (SSSR count). The highest BCUT2D eigenvalue weighted by Crippen LogP contribution is 2.25. The molecule has 0 amide bonds. The van der Waals surface area contributed by atoms with Crippen LogP contribution in [0.25, 0.3) is 0 Å². The Morgan fingerprint density at radius 3 is 2.93 bits per heavy atom. The molecule has 2 N–H and O–H groups in total. The first kappa shape index (κ1) is 9.34. The van der Waals surface area contributed by atoms with Crippen molar-refractivity contribution in [3.8, 4) is 0 Å². The third-order valence-electron chi connectivity index (χ3n) is 2.23. The molecule has 1 unspecified atom stereocenters. The molecule has 0 aromatic heterocycles. The summed E-state index contributed by atoms with van der Waals surface area (Å²) in [6.07, 6.45) is 0.812. The number of nitrogens with zero attached hydrogens (tertiary/aromatic N) is 2. The van der Waals surface area contributed by atoms with E-state index in [-0.39, 0.29) is 0 Å². The molecule has 0 saturated carbocycles. The van der Waals surface area contributed by atoms with Gasteiger partial charge in [-0.25, -0.2) is 0 Å². The Morgan fingerprint density at radius 1 is 1.57 bits per heavy atom. The van der Waals surface area contributed by atoms with Crippen molar-refractivity contribution >= 4 is 23.1 Å². The Morgan fingerprint density at radius 2 is 2.36 bits per heavy atom. The van der Waals surface area contributed by atoms with E-state index in [9.17, 15) is 0 Å². The molecular weight excluding hydrogens is 198 g/mol. The zero-order valence-electron chi connectivity index (χ0n) is 7.94. The van der Waals surface area contributed by atoms with Crippen molar-refractivity contribution in [3.63, 3.8) is 0 Å². The number of halogens is 1. The van der Waals surface area contributed by atoms with E-state index in [1.807, 2.05) is 29.3 Å². The van der Waals surface area contributed by atoms with E-state index in [2.05, 4.69) is 12.0 Å². The van der Waals surface area contributed by atoms with Crippen LogP contribution in [-0.4, -0.2) is 11.9 Å². The standard InChI is InChI=1S/C10H12ClN3/c1-7-5-10(12)13-14(7)9-4-2-3-8(11)6-9/h2-4,6-7H,5H2,1H3,(H2,12,13). The smallest absolute Gasteiger partial charge is 0.122 e. The highest BCUT2D eigenvalue weighted by Gasteiger charge is 2.21. The van der Waals surface area contributed by atoms with Gasteiger partial charge in [0.25, 0.3) is 0 Å². The van der Waals surface area contributed by atoms with Crippen LogP contribution in [0.15, 0.2) is 29.4 Å². The van der Waals surface area contributed by atoms with Crippen molar-refractivity contribution in [1.82, 2.24) is 0 Å². The molecule has 0 aliphatic carbocycles. The van der Waals surface area contributed by atoms with Crippen molar-refractivity contribution in [2.75, 3.05) is 5.01 Å². The molecule has 74 valence electrons. The number of rotatable bonds is 1. The normalized spacial score (nSPS) is 21.1. The SMILES string of the molecule is CC1CC(N)=NN1c1cccc(Cl)c1. The molecule has 1 aromatic carbocycles. The quantitative estimate of drug-likeness (QED) is 0.771. The van der Waals surface area contributed by atoms with Gasteiger partial charge in [-0.1, -0.05) is 17.7 Å². The molecule has 14 heavy (non-hydrogen) atoms. The monoisotopic (exact) mass is 209 g/mol. The minimum Gasteiger partial charge on any atom is -0.386 e. The Labute approximate surface area is 88.2 Å². The fourth-order valence-electron chi connectivity index (χ4n) is 1.60. The van der Waals surface area contributed by atoms with Crippen molar-refractivity contribution in [2.45, 2.75) is 19.4 Å². The average Bonchev–Trinajstić information content (AvgIpc) is 2.45. The summed E-state index contributed by atoms with van der Waals surface area (Å²) in [5.41, 5.74) is 6.66. The molecule has 3 nitrogen and oxygen atoms in total. The van der Waals surface area contributed by atoms with Crippen LogP contribution in [0.3, 0.4) is 0 Å². The molecule has 4 heteroatoms. The number of benzene rings is 1. The van der Waals surface area contributed by atoms with Gasteiger partial charge in [0.05, 0.1) is 11.7 Å². The van der Waals surface area contributed by atoms with Crippen molar-refractivity contribution < 1.29 is 0 Å². The van der Waals surface area contributed by atoms with E-state index in [1.54, 1.807) is 0 Å². The predicted octanol–water partition coefficient (Wildman–Crippen LogP) is 2.21. The maximum Gasteiger partial charge on any atom is 0.122 e. The summed E-state index contributed by atoms with van der Waals surface area (Å²) < 4.78 is 0. The molecule has 1 heterocycles. The maximum absolute atomic E-state index is 5.90. The van der Waals surface area contributed by atoms with Gasteiger partial charge < -0.3 is 5.73 Å². The lowest BCUT2D eigenvalue weighted by Crippen LogP contribution is -2.22. The lowest BCUT2D eigenvalue weighted by atomic mass is 10.2. The first-order chi connectivity index (χ1) is 6.66. The van der Waals surface area contributed by atoms with E-state index in [4.69, 9.17) is 17.3 Å². The minimum absolute atomic E-state index is 0.313. The largest absolute Gasteiger partial charge is 0.386 e. The summed E-state index contributed by atoms with van der Waals surface area (Å²) >= 11 is 5.90. The molecule has 0 fully saturated rings. The Kier molecular flexibility index (Phi) is 2.33.